The number of hydrogen-bond acceptors (Lipinski definition) is 1. The minimum Gasteiger partial charge on any atom is -1.00 e. The smallest absolute Gasteiger partial charge is 1.00 e. The summed E-state index contributed by atoms with van der Waals surface area (Å²) in [6.07, 6.45) is 0. The molecule has 1 aromatic rings. The van der Waals surface area contributed by atoms with Crippen LogP contribution in [-0.4, -0.2) is 11.1 Å². The van der Waals surface area contributed by atoms with E-state index in [0.717, 1.165) is 14.7 Å². The first-order chi connectivity index (χ1) is 5.54. The third-order valence-electron chi connectivity index (χ3n) is 1.89. The van der Waals surface area contributed by atoms with E-state index in [1.54, 1.807) is 6.07 Å². The second kappa shape index (κ2) is 5.82. The number of rotatable bonds is 1. The van der Waals surface area contributed by atoms with Crippen molar-refractivity contribution in [3.05, 3.63) is 32.4 Å². The monoisotopic (exact) mass is 316 g/mol. The minimum atomic E-state index is -0.859. The topological polar surface area (TPSA) is 37.3 Å². The molecule has 0 amide bonds. The zero-order valence-corrected chi connectivity index (χ0v) is 13.2. The maximum Gasteiger partial charge on any atom is 1.00 e. The summed E-state index contributed by atoms with van der Waals surface area (Å²) < 4.78 is 0.833. The fourth-order valence-electron chi connectivity index (χ4n) is 0.947. The molecule has 0 aliphatic heterocycles. The van der Waals surface area contributed by atoms with Crippen molar-refractivity contribution in [1.82, 2.24) is 0 Å². The van der Waals surface area contributed by atoms with E-state index >= 15 is 0 Å². The van der Waals surface area contributed by atoms with Crippen molar-refractivity contribution in [2.75, 3.05) is 0 Å². The van der Waals surface area contributed by atoms with E-state index in [2.05, 4.69) is 22.6 Å². The van der Waals surface area contributed by atoms with Crippen molar-refractivity contribution in [2.45, 2.75) is 13.8 Å². The molecule has 0 saturated carbocycles. The van der Waals surface area contributed by atoms with Crippen molar-refractivity contribution in [3.63, 3.8) is 0 Å². The fourth-order valence-corrected chi connectivity index (χ4v) is 1.78. The molecule has 2 nitrogen and oxygen atoms in total. The number of carbonyl (C=O) groups is 1. The van der Waals surface area contributed by atoms with Crippen LogP contribution in [0.2, 0.25) is 0 Å². The third kappa shape index (κ3) is 3.28. The van der Waals surface area contributed by atoms with Crippen LogP contribution < -0.4 is 51.4 Å². The van der Waals surface area contributed by atoms with Gasteiger partial charge in [-0.1, -0.05) is 6.07 Å². The van der Waals surface area contributed by atoms with Crippen LogP contribution in [0, 0.1) is 17.4 Å². The number of aryl methyl sites for hydroxylation is 1. The number of carboxylic acid groups (broad SMARTS) is 1. The predicted octanol–water partition coefficient (Wildman–Crippen LogP) is -0.277. The molecule has 0 unspecified atom stereocenters. The predicted molar refractivity (Wildman–Crippen MR) is 56.7 cm³/mol. The average molecular weight is 316 g/mol. The number of aromatic carboxylic acids is 1. The average Bonchev–Trinajstić information content (AvgIpc) is 2.00. The van der Waals surface area contributed by atoms with Crippen molar-refractivity contribution < 1.29 is 62.7 Å². The quantitative estimate of drug-likeness (QED) is 0.572. The molecule has 0 radical (unpaired) electrons. The van der Waals surface area contributed by atoms with Gasteiger partial charge in [-0.25, -0.2) is 4.79 Å². The van der Waals surface area contributed by atoms with Crippen LogP contribution in [0.5, 0.6) is 0 Å². The molecule has 0 aliphatic carbocycles. The van der Waals surface area contributed by atoms with Gasteiger partial charge in [0.15, 0.2) is 0 Å². The van der Waals surface area contributed by atoms with Crippen LogP contribution in [0.1, 0.15) is 22.9 Å². The zero-order chi connectivity index (χ0) is 9.30. The van der Waals surface area contributed by atoms with E-state index in [0.29, 0.717) is 5.56 Å². The van der Waals surface area contributed by atoms with Crippen molar-refractivity contribution in [1.29, 1.82) is 0 Å². The number of benzene rings is 1. The number of halogens is 1. The van der Waals surface area contributed by atoms with E-state index in [-0.39, 0.29) is 52.8 Å². The molecule has 0 spiro atoms. The van der Waals surface area contributed by atoms with Gasteiger partial charge in [0.1, 0.15) is 0 Å². The summed E-state index contributed by atoms with van der Waals surface area (Å²) in [4.78, 5) is 10.7. The van der Waals surface area contributed by atoms with Gasteiger partial charge < -0.3 is 6.53 Å². The van der Waals surface area contributed by atoms with Crippen LogP contribution in [-0.2, 0) is 0 Å². The fraction of sp³-hybridized carbons (Fsp3) is 0.222. The summed E-state index contributed by atoms with van der Waals surface area (Å²) >= 11 is 2.06. The van der Waals surface area contributed by atoms with Gasteiger partial charge in [0, 0.05) is 3.57 Å². The van der Waals surface area contributed by atoms with Gasteiger partial charge in [-0.3, -0.25) is 0 Å². The van der Waals surface area contributed by atoms with Crippen LogP contribution >= 0.6 is 22.6 Å². The van der Waals surface area contributed by atoms with Gasteiger partial charge in [-0.2, -0.15) is 0 Å². The van der Waals surface area contributed by atoms with Crippen LogP contribution in [0.3, 0.4) is 0 Å². The summed E-state index contributed by atoms with van der Waals surface area (Å²) in [6, 6.07) is 3.48. The van der Waals surface area contributed by atoms with E-state index in [4.69, 9.17) is 5.11 Å². The molecule has 0 aliphatic rings. The van der Waals surface area contributed by atoms with Crippen LogP contribution in [0.25, 0.3) is 0 Å². The molecule has 1 rings (SSSR count). The summed E-state index contributed by atoms with van der Waals surface area (Å²) in [5.74, 6) is -0.859. The second-order valence-corrected chi connectivity index (χ2v) is 3.75. The Morgan fingerprint density at radius 3 is 2.46 bits per heavy atom. The Labute approximate surface area is 135 Å². The van der Waals surface area contributed by atoms with Crippen molar-refractivity contribution in [3.8, 4) is 0 Å². The van der Waals surface area contributed by atoms with Gasteiger partial charge in [0.05, 0.1) is 5.56 Å². The first-order valence-corrected chi connectivity index (χ1v) is 4.61. The van der Waals surface area contributed by atoms with Gasteiger partial charge in [-0.05, 0) is 53.6 Å². The molecule has 0 bridgehead atoms. The summed E-state index contributed by atoms with van der Waals surface area (Å²) in [7, 11) is 0. The third-order valence-corrected chi connectivity index (χ3v) is 3.28. The first-order valence-electron chi connectivity index (χ1n) is 3.53. The van der Waals surface area contributed by atoms with Gasteiger partial charge in [0.2, 0.25) is 0 Å². The minimum absolute atomic E-state index is 0. The molecule has 0 atom stereocenters. The molecule has 0 heterocycles. The Kier molecular flexibility index (Phi) is 6.29. The molecular weight excluding hydrogens is 306 g/mol. The maximum absolute atomic E-state index is 10.7. The van der Waals surface area contributed by atoms with E-state index in [1.807, 2.05) is 19.9 Å². The maximum atomic E-state index is 10.7. The summed E-state index contributed by atoms with van der Waals surface area (Å²) in [5.41, 5.74) is 2.57. The largest absolute Gasteiger partial charge is 1.00 e. The summed E-state index contributed by atoms with van der Waals surface area (Å²) in [6.45, 7) is 3.91. The van der Waals surface area contributed by atoms with Crippen LogP contribution in [0.15, 0.2) is 12.1 Å². The number of hydrogen-bond donors (Lipinski definition) is 1. The van der Waals surface area contributed by atoms with E-state index < -0.39 is 5.97 Å². The molecule has 1 aromatic carbocycles. The van der Waals surface area contributed by atoms with Gasteiger partial charge in [0.25, 0.3) is 0 Å². The molecule has 1 N–H and O–H groups in total. The Balaban J connectivity index is 0. The number of carboxylic acids is 1. The van der Waals surface area contributed by atoms with Crippen molar-refractivity contribution in [2.24, 2.45) is 0 Å². The second-order valence-electron chi connectivity index (χ2n) is 2.67. The molecule has 13 heavy (non-hydrogen) atoms. The molecule has 0 fully saturated rings. The molecule has 0 aromatic heterocycles. The normalized spacial score (nSPS) is 9.15. The SMILES string of the molecule is Cc1ccc(C(=O)O)c(I)c1C.[H-].[K+]. The Hall–Kier alpha value is 1.06. The summed E-state index contributed by atoms with van der Waals surface area (Å²) in [5, 5.41) is 8.78. The first kappa shape index (κ1) is 14.1. The Morgan fingerprint density at radius 2 is 2.00 bits per heavy atom. The zero-order valence-electron chi connectivity index (χ0n) is 8.89. The Morgan fingerprint density at radius 1 is 1.46 bits per heavy atom. The van der Waals surface area contributed by atoms with Crippen molar-refractivity contribution >= 4 is 28.6 Å². The van der Waals surface area contributed by atoms with Gasteiger partial charge >= 0.3 is 57.4 Å². The molecular formula is C9H10IKO2. The molecule has 4 heteroatoms. The molecule has 0 saturated heterocycles. The van der Waals surface area contributed by atoms with Crippen LogP contribution in [0.4, 0.5) is 0 Å². The molecule has 66 valence electrons. The van der Waals surface area contributed by atoms with Gasteiger partial charge in [-0.15, -0.1) is 0 Å². The Bertz CT molecular complexity index is 342. The van der Waals surface area contributed by atoms with E-state index in [9.17, 15) is 4.79 Å². The standard InChI is InChI=1S/C9H9IO2.K.H/c1-5-3-4-7(9(11)12)8(10)6(5)2;;/h3-4H,1-2H3,(H,11,12);;/q;+1;-1. The van der Waals surface area contributed by atoms with E-state index in [1.165, 1.54) is 0 Å².